The number of nitrogens with zero attached hydrogens (tertiary/aromatic N) is 2. The minimum atomic E-state index is -0.204. The summed E-state index contributed by atoms with van der Waals surface area (Å²) in [7, 11) is 0. The first-order valence-electron chi connectivity index (χ1n) is 5.93. The van der Waals surface area contributed by atoms with E-state index in [1.54, 1.807) is 6.20 Å². The predicted molar refractivity (Wildman–Crippen MR) is 75.5 cm³/mol. The molecule has 0 aromatic carbocycles. The molecule has 1 heterocycles. The fraction of sp³-hybridized carbons (Fsp3) is 0.538. The second kappa shape index (κ2) is 4.77. The summed E-state index contributed by atoms with van der Waals surface area (Å²) in [6, 6.07) is 0. The molecule has 0 saturated heterocycles. The summed E-state index contributed by atoms with van der Waals surface area (Å²) in [5, 5.41) is 7.45. The Morgan fingerprint density at radius 3 is 2.89 bits per heavy atom. The van der Waals surface area contributed by atoms with Crippen molar-refractivity contribution in [3.8, 4) is 12.3 Å². The Morgan fingerprint density at radius 2 is 2.33 bits per heavy atom. The summed E-state index contributed by atoms with van der Waals surface area (Å²) in [6.45, 7) is 4.47. The van der Waals surface area contributed by atoms with Gasteiger partial charge in [-0.05, 0) is 48.5 Å². The van der Waals surface area contributed by atoms with Crippen LogP contribution in [0, 0.1) is 18.3 Å². The van der Waals surface area contributed by atoms with Crippen molar-refractivity contribution in [1.82, 2.24) is 9.78 Å². The molecular formula is C13H16BrN3O. The Balaban J connectivity index is 2.27. The van der Waals surface area contributed by atoms with Crippen LogP contribution in [0.5, 0.6) is 0 Å². The van der Waals surface area contributed by atoms with Gasteiger partial charge in [-0.1, -0.05) is 5.92 Å². The SMILES string of the molecule is C#CCn1ncc(NC(C)(C)C2CC2)c(Br)c1=O. The van der Waals surface area contributed by atoms with Gasteiger partial charge >= 0.3 is 0 Å². The molecule has 1 saturated carbocycles. The maximum Gasteiger partial charge on any atom is 0.284 e. The van der Waals surface area contributed by atoms with Crippen LogP contribution >= 0.6 is 15.9 Å². The minimum absolute atomic E-state index is 0.0189. The van der Waals surface area contributed by atoms with E-state index in [9.17, 15) is 4.79 Å². The molecule has 18 heavy (non-hydrogen) atoms. The highest BCUT2D eigenvalue weighted by molar-refractivity contribution is 9.10. The molecule has 0 radical (unpaired) electrons. The largest absolute Gasteiger partial charge is 0.378 e. The number of terminal acetylenes is 1. The first kappa shape index (κ1) is 13.2. The summed E-state index contributed by atoms with van der Waals surface area (Å²) < 4.78 is 1.75. The highest BCUT2D eigenvalue weighted by Gasteiger charge is 2.38. The van der Waals surface area contributed by atoms with Crippen molar-refractivity contribution < 1.29 is 0 Å². The molecule has 1 aliphatic carbocycles. The fourth-order valence-corrected chi connectivity index (χ4v) is 2.41. The van der Waals surface area contributed by atoms with Crippen molar-refractivity contribution in [1.29, 1.82) is 0 Å². The Hall–Kier alpha value is -1.28. The van der Waals surface area contributed by atoms with Gasteiger partial charge in [-0.15, -0.1) is 6.42 Å². The molecule has 0 unspecified atom stereocenters. The molecule has 1 aromatic heterocycles. The zero-order chi connectivity index (χ0) is 13.3. The number of rotatable bonds is 4. The van der Waals surface area contributed by atoms with Crippen LogP contribution in [-0.4, -0.2) is 15.3 Å². The Kier molecular flexibility index (Phi) is 3.49. The zero-order valence-corrected chi connectivity index (χ0v) is 12.1. The summed E-state index contributed by atoms with van der Waals surface area (Å²) in [5.74, 6) is 3.07. The molecule has 2 rings (SSSR count). The molecule has 1 fully saturated rings. The van der Waals surface area contributed by atoms with Gasteiger partial charge in [0.1, 0.15) is 11.0 Å². The molecule has 1 aliphatic rings. The van der Waals surface area contributed by atoms with E-state index < -0.39 is 0 Å². The molecule has 0 bridgehead atoms. The first-order chi connectivity index (χ1) is 8.45. The van der Waals surface area contributed by atoms with Crippen molar-refractivity contribution in [2.24, 2.45) is 5.92 Å². The summed E-state index contributed by atoms with van der Waals surface area (Å²) in [6.07, 6.45) is 9.30. The van der Waals surface area contributed by atoms with E-state index in [0.717, 1.165) is 5.69 Å². The minimum Gasteiger partial charge on any atom is -0.378 e. The topological polar surface area (TPSA) is 46.9 Å². The van der Waals surface area contributed by atoms with E-state index in [0.29, 0.717) is 10.4 Å². The molecule has 0 atom stereocenters. The molecule has 5 heteroatoms. The van der Waals surface area contributed by atoms with Crippen molar-refractivity contribution >= 4 is 21.6 Å². The van der Waals surface area contributed by atoms with Crippen molar-refractivity contribution in [2.45, 2.75) is 38.8 Å². The van der Waals surface area contributed by atoms with Gasteiger partial charge in [0.2, 0.25) is 0 Å². The average Bonchev–Trinajstić information content (AvgIpc) is 3.13. The lowest BCUT2D eigenvalue weighted by Crippen LogP contribution is -2.35. The van der Waals surface area contributed by atoms with E-state index in [4.69, 9.17) is 6.42 Å². The number of aromatic nitrogens is 2. The highest BCUT2D eigenvalue weighted by Crippen LogP contribution is 2.41. The number of halogens is 1. The third-order valence-corrected chi connectivity index (χ3v) is 4.05. The molecule has 4 nitrogen and oxygen atoms in total. The molecule has 1 aromatic rings. The second-order valence-electron chi connectivity index (χ2n) is 5.16. The van der Waals surface area contributed by atoms with Crippen LogP contribution < -0.4 is 10.9 Å². The first-order valence-corrected chi connectivity index (χ1v) is 6.72. The lowest BCUT2D eigenvalue weighted by Gasteiger charge is -2.27. The third-order valence-electron chi connectivity index (χ3n) is 3.28. The average molecular weight is 310 g/mol. The van der Waals surface area contributed by atoms with Gasteiger partial charge in [0.25, 0.3) is 5.56 Å². The lowest BCUT2D eigenvalue weighted by atomic mass is 9.98. The zero-order valence-electron chi connectivity index (χ0n) is 10.5. The molecule has 0 spiro atoms. The van der Waals surface area contributed by atoms with Crippen LogP contribution in [0.15, 0.2) is 15.5 Å². The van der Waals surface area contributed by atoms with E-state index >= 15 is 0 Å². The molecule has 0 amide bonds. The van der Waals surface area contributed by atoms with Gasteiger partial charge in [0.15, 0.2) is 0 Å². The summed E-state index contributed by atoms with van der Waals surface area (Å²) in [4.78, 5) is 12.0. The van der Waals surface area contributed by atoms with E-state index in [2.05, 4.69) is 46.1 Å². The highest BCUT2D eigenvalue weighted by atomic mass is 79.9. The van der Waals surface area contributed by atoms with Crippen LogP contribution in [0.1, 0.15) is 26.7 Å². The summed E-state index contributed by atoms with van der Waals surface area (Å²) in [5.41, 5.74) is 0.504. The number of anilines is 1. The lowest BCUT2D eigenvalue weighted by molar-refractivity contribution is 0.493. The van der Waals surface area contributed by atoms with Crippen LogP contribution in [-0.2, 0) is 6.54 Å². The van der Waals surface area contributed by atoms with E-state index in [-0.39, 0.29) is 17.6 Å². The van der Waals surface area contributed by atoms with Crippen molar-refractivity contribution in [3.63, 3.8) is 0 Å². The van der Waals surface area contributed by atoms with Gasteiger partial charge in [0, 0.05) is 5.54 Å². The van der Waals surface area contributed by atoms with Crippen LogP contribution in [0.2, 0.25) is 0 Å². The maximum atomic E-state index is 12.0. The fourth-order valence-electron chi connectivity index (χ4n) is 2.01. The molecular weight excluding hydrogens is 294 g/mol. The standard InChI is InChI=1S/C13H16BrN3O/c1-4-7-17-12(18)11(14)10(8-15-17)16-13(2,3)9-5-6-9/h1,8-9,16H,5-7H2,2-3H3. The number of hydrogen-bond donors (Lipinski definition) is 1. The number of nitrogens with one attached hydrogen (secondary N) is 1. The van der Waals surface area contributed by atoms with Gasteiger partial charge < -0.3 is 5.32 Å². The van der Waals surface area contributed by atoms with Gasteiger partial charge in [-0.25, -0.2) is 4.68 Å². The Morgan fingerprint density at radius 1 is 1.67 bits per heavy atom. The maximum absolute atomic E-state index is 12.0. The van der Waals surface area contributed by atoms with Crippen LogP contribution in [0.3, 0.4) is 0 Å². The van der Waals surface area contributed by atoms with Crippen molar-refractivity contribution in [2.75, 3.05) is 5.32 Å². The Labute approximate surface area is 115 Å². The second-order valence-corrected chi connectivity index (χ2v) is 5.95. The smallest absolute Gasteiger partial charge is 0.284 e. The van der Waals surface area contributed by atoms with Crippen LogP contribution in [0.25, 0.3) is 0 Å². The monoisotopic (exact) mass is 309 g/mol. The van der Waals surface area contributed by atoms with E-state index in [1.165, 1.54) is 17.5 Å². The summed E-state index contributed by atoms with van der Waals surface area (Å²) >= 11 is 3.32. The number of hydrogen-bond acceptors (Lipinski definition) is 3. The van der Waals surface area contributed by atoms with Gasteiger partial charge in [-0.2, -0.15) is 5.10 Å². The predicted octanol–water partition coefficient (Wildman–Crippen LogP) is 2.24. The van der Waals surface area contributed by atoms with E-state index in [1.807, 2.05) is 0 Å². The molecule has 1 N–H and O–H groups in total. The van der Waals surface area contributed by atoms with Crippen molar-refractivity contribution in [3.05, 3.63) is 21.0 Å². The van der Waals surface area contributed by atoms with Crippen LogP contribution in [0.4, 0.5) is 5.69 Å². The third kappa shape index (κ3) is 2.59. The molecule has 96 valence electrons. The van der Waals surface area contributed by atoms with Gasteiger partial charge in [-0.3, -0.25) is 4.79 Å². The quantitative estimate of drug-likeness (QED) is 0.868. The molecule has 0 aliphatic heterocycles. The Bertz CT molecular complexity index is 552. The normalized spacial score (nSPS) is 15.2. The van der Waals surface area contributed by atoms with Gasteiger partial charge in [0.05, 0.1) is 11.9 Å².